The first kappa shape index (κ1) is 14.2. The molecule has 17 heavy (non-hydrogen) atoms. The third kappa shape index (κ3) is 6.41. The monoisotopic (exact) mass is 242 g/mol. The Kier molecular flexibility index (Phi) is 7.62. The first-order chi connectivity index (χ1) is 8.36. The van der Waals surface area contributed by atoms with Crippen molar-refractivity contribution in [1.82, 2.24) is 10.3 Å². The van der Waals surface area contributed by atoms with E-state index in [4.69, 9.17) is 13.9 Å². The number of oxazole rings is 1. The molecular formula is C12H22N2O3. The van der Waals surface area contributed by atoms with Crippen LogP contribution in [0.3, 0.4) is 0 Å². The van der Waals surface area contributed by atoms with Crippen LogP contribution in [-0.4, -0.2) is 45.5 Å². The third-order valence-corrected chi connectivity index (χ3v) is 2.37. The van der Waals surface area contributed by atoms with Crippen molar-refractivity contribution < 1.29 is 13.9 Å². The van der Waals surface area contributed by atoms with Gasteiger partial charge in [0.05, 0.1) is 12.8 Å². The first-order valence-corrected chi connectivity index (χ1v) is 5.99. The van der Waals surface area contributed by atoms with Crippen molar-refractivity contribution in [3.05, 3.63) is 17.8 Å². The smallest absolute Gasteiger partial charge is 0.195 e. The topological polar surface area (TPSA) is 56.5 Å². The van der Waals surface area contributed by atoms with E-state index < -0.39 is 0 Å². The minimum absolute atomic E-state index is 0.730. The van der Waals surface area contributed by atoms with Gasteiger partial charge in [-0.3, -0.25) is 0 Å². The van der Waals surface area contributed by atoms with Crippen LogP contribution in [0.2, 0.25) is 0 Å². The maximum Gasteiger partial charge on any atom is 0.195 e. The Bertz CT molecular complexity index is 289. The largest absolute Gasteiger partial charge is 0.446 e. The van der Waals surface area contributed by atoms with E-state index in [0.717, 1.165) is 57.2 Å². The second-order valence-electron chi connectivity index (χ2n) is 3.81. The summed E-state index contributed by atoms with van der Waals surface area (Å²) in [6, 6.07) is 0. The Balaban J connectivity index is 2.12. The molecule has 0 unspecified atom stereocenters. The van der Waals surface area contributed by atoms with Crippen LogP contribution in [-0.2, 0) is 22.3 Å². The zero-order valence-electron chi connectivity index (χ0n) is 10.7. The van der Waals surface area contributed by atoms with E-state index in [1.54, 1.807) is 20.4 Å². The molecule has 0 saturated carbocycles. The highest BCUT2D eigenvalue weighted by Gasteiger charge is 2.03. The third-order valence-electron chi connectivity index (χ3n) is 2.37. The van der Waals surface area contributed by atoms with Crippen LogP contribution in [0, 0.1) is 0 Å². The lowest BCUT2D eigenvalue weighted by atomic mass is 10.3. The summed E-state index contributed by atoms with van der Waals surface area (Å²) in [5.74, 6) is 1.73. The van der Waals surface area contributed by atoms with E-state index in [1.165, 1.54) is 0 Å². The molecule has 0 amide bonds. The molecule has 1 aromatic rings. The maximum atomic E-state index is 5.60. The number of nitrogens with zero attached hydrogens (tertiary/aromatic N) is 1. The van der Waals surface area contributed by atoms with Gasteiger partial charge in [-0.25, -0.2) is 4.98 Å². The summed E-state index contributed by atoms with van der Waals surface area (Å²) in [4.78, 5) is 4.23. The average Bonchev–Trinajstić information content (AvgIpc) is 2.77. The molecule has 0 aliphatic rings. The van der Waals surface area contributed by atoms with Crippen LogP contribution in [0.25, 0.3) is 0 Å². The Labute approximate surface area is 103 Å². The summed E-state index contributed by atoms with van der Waals surface area (Å²) in [7, 11) is 3.40. The van der Waals surface area contributed by atoms with Crippen molar-refractivity contribution in [3.8, 4) is 0 Å². The molecule has 0 aliphatic carbocycles. The van der Waals surface area contributed by atoms with Crippen LogP contribution in [0.1, 0.15) is 18.1 Å². The Morgan fingerprint density at radius 1 is 1.18 bits per heavy atom. The number of hydrogen-bond donors (Lipinski definition) is 1. The fourth-order valence-electron chi connectivity index (χ4n) is 1.46. The molecule has 5 heteroatoms. The van der Waals surface area contributed by atoms with Crippen LogP contribution >= 0.6 is 0 Å². The zero-order chi connectivity index (χ0) is 12.3. The molecule has 1 heterocycles. The fraction of sp³-hybridized carbons (Fsp3) is 0.750. The maximum absolute atomic E-state index is 5.60. The van der Waals surface area contributed by atoms with Gasteiger partial charge in [0, 0.05) is 46.8 Å². The molecule has 0 aromatic carbocycles. The lowest BCUT2D eigenvalue weighted by Crippen LogP contribution is -2.21. The Hall–Kier alpha value is -0.910. The summed E-state index contributed by atoms with van der Waals surface area (Å²) in [6.45, 7) is 3.21. The minimum Gasteiger partial charge on any atom is -0.446 e. The number of aryl methyl sites for hydroxylation is 1. The van der Waals surface area contributed by atoms with E-state index in [1.807, 2.05) is 0 Å². The second kappa shape index (κ2) is 9.15. The lowest BCUT2D eigenvalue weighted by molar-refractivity contribution is 0.193. The number of aromatic nitrogens is 1. The molecule has 5 nitrogen and oxygen atoms in total. The molecule has 0 fully saturated rings. The molecule has 1 rings (SSSR count). The summed E-state index contributed by atoms with van der Waals surface area (Å²) >= 11 is 0. The van der Waals surface area contributed by atoms with E-state index in [2.05, 4.69) is 10.3 Å². The van der Waals surface area contributed by atoms with Crippen molar-refractivity contribution in [1.29, 1.82) is 0 Å². The van der Waals surface area contributed by atoms with Crippen LogP contribution in [0.5, 0.6) is 0 Å². The van der Waals surface area contributed by atoms with Crippen molar-refractivity contribution in [2.24, 2.45) is 0 Å². The van der Waals surface area contributed by atoms with Gasteiger partial charge in [0.2, 0.25) is 0 Å². The normalized spacial score (nSPS) is 10.9. The average molecular weight is 242 g/mol. The van der Waals surface area contributed by atoms with Crippen LogP contribution in [0.4, 0.5) is 0 Å². The molecule has 1 N–H and O–H groups in total. The lowest BCUT2D eigenvalue weighted by Gasteiger charge is -2.01. The molecule has 0 saturated heterocycles. The number of nitrogens with one attached hydrogen (secondary N) is 1. The van der Waals surface area contributed by atoms with Crippen molar-refractivity contribution in [3.63, 3.8) is 0 Å². The van der Waals surface area contributed by atoms with E-state index in [-0.39, 0.29) is 0 Å². The molecular weight excluding hydrogens is 220 g/mol. The van der Waals surface area contributed by atoms with Gasteiger partial charge in [-0.15, -0.1) is 0 Å². The number of methoxy groups -OCH3 is 2. The molecule has 1 aromatic heterocycles. The van der Waals surface area contributed by atoms with Gasteiger partial charge >= 0.3 is 0 Å². The predicted octanol–water partition coefficient (Wildman–Crippen LogP) is 1.03. The number of rotatable bonds is 10. The quantitative estimate of drug-likeness (QED) is 0.621. The van der Waals surface area contributed by atoms with Crippen molar-refractivity contribution in [2.75, 3.05) is 40.5 Å². The van der Waals surface area contributed by atoms with Gasteiger partial charge in [0.1, 0.15) is 5.76 Å². The SMILES string of the molecule is COCCCc1cnc(CCNCCOC)o1. The van der Waals surface area contributed by atoms with Crippen LogP contribution < -0.4 is 5.32 Å². The molecule has 98 valence electrons. The predicted molar refractivity (Wildman–Crippen MR) is 65.1 cm³/mol. The van der Waals surface area contributed by atoms with Gasteiger partial charge in [0.15, 0.2) is 5.89 Å². The highest BCUT2D eigenvalue weighted by molar-refractivity contribution is 4.94. The van der Waals surface area contributed by atoms with Gasteiger partial charge in [-0.05, 0) is 6.42 Å². The first-order valence-electron chi connectivity index (χ1n) is 5.99. The highest BCUT2D eigenvalue weighted by Crippen LogP contribution is 2.06. The van der Waals surface area contributed by atoms with E-state index in [9.17, 15) is 0 Å². The van der Waals surface area contributed by atoms with E-state index in [0.29, 0.717) is 0 Å². The minimum atomic E-state index is 0.730. The molecule has 0 aliphatic heterocycles. The summed E-state index contributed by atoms with van der Waals surface area (Å²) < 4.78 is 15.5. The van der Waals surface area contributed by atoms with Gasteiger partial charge in [-0.1, -0.05) is 0 Å². The second-order valence-corrected chi connectivity index (χ2v) is 3.81. The van der Waals surface area contributed by atoms with Crippen molar-refractivity contribution >= 4 is 0 Å². The molecule has 0 radical (unpaired) electrons. The summed E-state index contributed by atoms with van der Waals surface area (Å²) in [5.41, 5.74) is 0. The van der Waals surface area contributed by atoms with Gasteiger partial charge in [-0.2, -0.15) is 0 Å². The number of hydrogen-bond acceptors (Lipinski definition) is 5. The van der Waals surface area contributed by atoms with Gasteiger partial charge < -0.3 is 19.2 Å². The molecule has 0 atom stereocenters. The number of ether oxygens (including phenoxy) is 2. The van der Waals surface area contributed by atoms with Crippen LogP contribution in [0.15, 0.2) is 10.6 Å². The summed E-state index contributed by atoms with van der Waals surface area (Å²) in [6.07, 6.45) is 4.48. The Morgan fingerprint density at radius 3 is 2.76 bits per heavy atom. The molecule has 0 spiro atoms. The van der Waals surface area contributed by atoms with E-state index >= 15 is 0 Å². The Morgan fingerprint density at radius 2 is 2.00 bits per heavy atom. The van der Waals surface area contributed by atoms with Crippen molar-refractivity contribution in [2.45, 2.75) is 19.3 Å². The summed E-state index contributed by atoms with van der Waals surface area (Å²) in [5, 5.41) is 3.25. The zero-order valence-corrected chi connectivity index (χ0v) is 10.7. The fourth-order valence-corrected chi connectivity index (χ4v) is 1.46. The van der Waals surface area contributed by atoms with Gasteiger partial charge in [0.25, 0.3) is 0 Å². The standard InChI is InChI=1S/C12H22N2O3/c1-15-8-3-4-11-10-14-12(17-11)5-6-13-7-9-16-2/h10,13H,3-9H2,1-2H3. The highest BCUT2D eigenvalue weighted by atomic mass is 16.5. The molecule has 0 bridgehead atoms.